The SMILES string of the molecule is O=C(O)CCC1CCN(Cc2ccc(Cl)c(F)c2)CC1. The van der Waals surface area contributed by atoms with Crippen LogP contribution in [0.1, 0.15) is 31.2 Å². The first-order valence-electron chi connectivity index (χ1n) is 6.92. The van der Waals surface area contributed by atoms with Crippen molar-refractivity contribution in [3.8, 4) is 0 Å². The lowest BCUT2D eigenvalue weighted by atomic mass is 9.92. The van der Waals surface area contributed by atoms with Gasteiger partial charge in [-0.15, -0.1) is 0 Å². The van der Waals surface area contributed by atoms with E-state index < -0.39 is 5.97 Å². The summed E-state index contributed by atoms with van der Waals surface area (Å²) < 4.78 is 13.4. The van der Waals surface area contributed by atoms with E-state index in [1.165, 1.54) is 6.07 Å². The third-order valence-corrected chi connectivity index (χ3v) is 4.17. The Morgan fingerprint density at radius 3 is 2.70 bits per heavy atom. The Balaban J connectivity index is 1.79. The van der Waals surface area contributed by atoms with Crippen molar-refractivity contribution in [3.63, 3.8) is 0 Å². The quantitative estimate of drug-likeness (QED) is 0.904. The van der Waals surface area contributed by atoms with Crippen molar-refractivity contribution in [1.29, 1.82) is 0 Å². The van der Waals surface area contributed by atoms with Gasteiger partial charge in [-0.2, -0.15) is 0 Å². The van der Waals surface area contributed by atoms with Crippen LogP contribution in [0.4, 0.5) is 4.39 Å². The number of hydrogen-bond acceptors (Lipinski definition) is 2. The largest absolute Gasteiger partial charge is 0.481 e. The second-order valence-corrected chi connectivity index (χ2v) is 5.81. The molecular weight excluding hydrogens is 281 g/mol. The van der Waals surface area contributed by atoms with Gasteiger partial charge in [0.1, 0.15) is 5.82 Å². The monoisotopic (exact) mass is 299 g/mol. The number of carboxylic acid groups (broad SMARTS) is 1. The van der Waals surface area contributed by atoms with Crippen molar-refractivity contribution in [2.75, 3.05) is 13.1 Å². The molecule has 1 heterocycles. The summed E-state index contributed by atoms with van der Waals surface area (Å²) in [6, 6.07) is 4.92. The number of likely N-dealkylation sites (tertiary alicyclic amines) is 1. The van der Waals surface area contributed by atoms with Gasteiger partial charge in [0.15, 0.2) is 0 Å². The van der Waals surface area contributed by atoms with Crippen LogP contribution in [-0.2, 0) is 11.3 Å². The fraction of sp³-hybridized carbons (Fsp3) is 0.533. The highest BCUT2D eigenvalue weighted by Crippen LogP contribution is 2.24. The zero-order chi connectivity index (χ0) is 14.5. The third kappa shape index (κ3) is 4.46. The molecule has 0 amide bonds. The lowest BCUT2D eigenvalue weighted by molar-refractivity contribution is -0.137. The van der Waals surface area contributed by atoms with E-state index in [2.05, 4.69) is 4.90 Å². The lowest BCUT2D eigenvalue weighted by Crippen LogP contribution is -2.33. The molecule has 1 aromatic carbocycles. The van der Waals surface area contributed by atoms with Gasteiger partial charge in [0.05, 0.1) is 5.02 Å². The highest BCUT2D eigenvalue weighted by Gasteiger charge is 2.20. The normalized spacial score (nSPS) is 17.3. The van der Waals surface area contributed by atoms with Gasteiger partial charge in [-0.1, -0.05) is 17.7 Å². The molecular formula is C15H19ClFNO2. The van der Waals surface area contributed by atoms with Crippen LogP contribution < -0.4 is 0 Å². The number of carboxylic acids is 1. The maximum atomic E-state index is 13.4. The van der Waals surface area contributed by atoms with Crippen LogP contribution in [0.3, 0.4) is 0 Å². The average Bonchev–Trinajstić information content (AvgIpc) is 2.42. The van der Waals surface area contributed by atoms with Crippen LogP contribution in [0.5, 0.6) is 0 Å². The molecule has 5 heteroatoms. The Morgan fingerprint density at radius 2 is 2.10 bits per heavy atom. The highest BCUT2D eigenvalue weighted by molar-refractivity contribution is 6.30. The number of piperidine rings is 1. The van der Waals surface area contributed by atoms with Gasteiger partial charge in [-0.05, 0) is 56.0 Å². The van der Waals surface area contributed by atoms with Gasteiger partial charge in [0.2, 0.25) is 0 Å². The zero-order valence-corrected chi connectivity index (χ0v) is 12.1. The predicted molar refractivity (Wildman–Crippen MR) is 76.3 cm³/mol. The maximum Gasteiger partial charge on any atom is 0.303 e. The Hall–Kier alpha value is -1.13. The second-order valence-electron chi connectivity index (χ2n) is 5.40. The molecule has 1 aromatic rings. The van der Waals surface area contributed by atoms with E-state index in [0.717, 1.165) is 44.5 Å². The molecule has 0 atom stereocenters. The number of benzene rings is 1. The number of hydrogen-bond donors (Lipinski definition) is 1. The fourth-order valence-corrected chi connectivity index (χ4v) is 2.77. The molecule has 1 saturated heterocycles. The van der Waals surface area contributed by atoms with Crippen LogP contribution in [0, 0.1) is 11.7 Å². The van der Waals surface area contributed by atoms with Crippen molar-refractivity contribution in [3.05, 3.63) is 34.6 Å². The number of carbonyl (C=O) groups is 1. The van der Waals surface area contributed by atoms with E-state index in [4.69, 9.17) is 16.7 Å². The van der Waals surface area contributed by atoms with Crippen LogP contribution >= 0.6 is 11.6 Å². The predicted octanol–water partition coefficient (Wildman–Crippen LogP) is 3.56. The minimum Gasteiger partial charge on any atom is -0.481 e. The topological polar surface area (TPSA) is 40.5 Å². The lowest BCUT2D eigenvalue weighted by Gasteiger charge is -2.31. The molecule has 0 aromatic heterocycles. The summed E-state index contributed by atoms with van der Waals surface area (Å²) in [6.07, 6.45) is 3.05. The molecule has 20 heavy (non-hydrogen) atoms. The molecule has 0 radical (unpaired) electrons. The Kier molecular flexibility index (Phi) is 5.38. The first-order chi connectivity index (χ1) is 9.54. The minimum absolute atomic E-state index is 0.154. The molecule has 0 spiro atoms. The number of rotatable bonds is 5. The summed E-state index contributed by atoms with van der Waals surface area (Å²) in [7, 11) is 0. The molecule has 1 fully saturated rings. The zero-order valence-electron chi connectivity index (χ0n) is 11.3. The maximum absolute atomic E-state index is 13.4. The first kappa shape index (κ1) is 15.3. The van der Waals surface area contributed by atoms with Gasteiger partial charge < -0.3 is 5.11 Å². The summed E-state index contributed by atoms with van der Waals surface area (Å²) in [5.74, 6) is -0.589. The fourth-order valence-electron chi connectivity index (χ4n) is 2.66. The third-order valence-electron chi connectivity index (χ3n) is 3.86. The molecule has 3 nitrogen and oxygen atoms in total. The minimum atomic E-state index is -0.718. The summed E-state index contributed by atoms with van der Waals surface area (Å²) in [6.45, 7) is 2.60. The van der Waals surface area contributed by atoms with Crippen LogP contribution in [0.2, 0.25) is 5.02 Å². The molecule has 0 saturated carbocycles. The number of aliphatic carboxylic acids is 1. The van der Waals surface area contributed by atoms with Crippen LogP contribution in [0.25, 0.3) is 0 Å². The molecule has 110 valence electrons. The van der Waals surface area contributed by atoms with Gasteiger partial charge in [0, 0.05) is 13.0 Å². The summed E-state index contributed by atoms with van der Waals surface area (Å²) in [4.78, 5) is 12.8. The van der Waals surface area contributed by atoms with Crippen molar-refractivity contribution >= 4 is 17.6 Å². The highest BCUT2D eigenvalue weighted by atomic mass is 35.5. The molecule has 0 aliphatic carbocycles. The van der Waals surface area contributed by atoms with Gasteiger partial charge in [0.25, 0.3) is 0 Å². The second kappa shape index (κ2) is 7.04. The van der Waals surface area contributed by atoms with E-state index in [1.54, 1.807) is 6.07 Å². The molecule has 0 unspecified atom stereocenters. The molecule has 1 aliphatic rings. The van der Waals surface area contributed by atoms with E-state index in [0.29, 0.717) is 5.92 Å². The van der Waals surface area contributed by atoms with E-state index >= 15 is 0 Å². The van der Waals surface area contributed by atoms with Gasteiger partial charge >= 0.3 is 5.97 Å². The van der Waals surface area contributed by atoms with E-state index in [-0.39, 0.29) is 17.3 Å². The molecule has 0 bridgehead atoms. The molecule has 1 aliphatic heterocycles. The standard InChI is InChI=1S/C15H19ClFNO2/c16-13-3-1-12(9-14(13)17)10-18-7-5-11(6-8-18)2-4-15(19)20/h1,3,9,11H,2,4-8,10H2,(H,19,20). The van der Waals surface area contributed by atoms with Crippen molar-refractivity contribution < 1.29 is 14.3 Å². The molecule has 2 rings (SSSR count). The Morgan fingerprint density at radius 1 is 1.40 bits per heavy atom. The Bertz CT molecular complexity index is 473. The van der Waals surface area contributed by atoms with Crippen molar-refractivity contribution in [2.24, 2.45) is 5.92 Å². The van der Waals surface area contributed by atoms with E-state index in [9.17, 15) is 9.18 Å². The summed E-state index contributed by atoms with van der Waals surface area (Å²) >= 11 is 5.67. The summed E-state index contributed by atoms with van der Waals surface area (Å²) in [5, 5.41) is 8.84. The van der Waals surface area contributed by atoms with Crippen molar-refractivity contribution in [2.45, 2.75) is 32.2 Å². The smallest absolute Gasteiger partial charge is 0.303 e. The number of halogens is 2. The Labute approximate surface area is 123 Å². The summed E-state index contributed by atoms with van der Waals surface area (Å²) in [5.41, 5.74) is 0.927. The van der Waals surface area contributed by atoms with Crippen molar-refractivity contribution in [1.82, 2.24) is 4.90 Å². The molecule has 1 N–H and O–H groups in total. The average molecular weight is 300 g/mol. The first-order valence-corrected chi connectivity index (χ1v) is 7.30. The van der Waals surface area contributed by atoms with E-state index in [1.807, 2.05) is 6.07 Å². The van der Waals surface area contributed by atoms with Gasteiger partial charge in [-0.3, -0.25) is 9.69 Å². The number of nitrogens with zero attached hydrogens (tertiary/aromatic N) is 1. The van der Waals surface area contributed by atoms with Gasteiger partial charge in [-0.25, -0.2) is 4.39 Å². The van der Waals surface area contributed by atoms with Crippen LogP contribution in [-0.4, -0.2) is 29.1 Å². The van der Waals surface area contributed by atoms with Crippen LogP contribution in [0.15, 0.2) is 18.2 Å².